The lowest BCUT2D eigenvalue weighted by Gasteiger charge is -2.20. The van der Waals surface area contributed by atoms with Crippen LogP contribution in [-0.2, 0) is 0 Å². The minimum atomic E-state index is 0.225. The van der Waals surface area contributed by atoms with Crippen LogP contribution >= 0.6 is 11.6 Å². The number of rotatable bonds is 6. The highest BCUT2D eigenvalue weighted by Gasteiger charge is 2.36. The van der Waals surface area contributed by atoms with Crippen LogP contribution in [0.3, 0.4) is 0 Å². The molecule has 26 heavy (non-hydrogen) atoms. The van der Waals surface area contributed by atoms with Gasteiger partial charge in [-0.15, -0.1) is 0 Å². The van der Waals surface area contributed by atoms with E-state index in [1.165, 1.54) is 17.7 Å². The summed E-state index contributed by atoms with van der Waals surface area (Å²) in [6.45, 7) is 6.37. The van der Waals surface area contributed by atoms with Crippen LogP contribution in [0.15, 0.2) is 12.5 Å². The number of hydrogen-bond acceptors (Lipinski definition) is 5. The summed E-state index contributed by atoms with van der Waals surface area (Å²) in [5.74, 6) is 2.16. The second-order valence-corrected chi connectivity index (χ2v) is 7.70. The third-order valence-electron chi connectivity index (χ3n) is 5.13. The maximum absolute atomic E-state index is 6.26. The molecule has 0 amide bonds. The summed E-state index contributed by atoms with van der Waals surface area (Å²) in [7, 11) is 2.15. The van der Waals surface area contributed by atoms with Gasteiger partial charge in [0, 0.05) is 12.0 Å². The molecule has 0 bridgehead atoms. The molecule has 0 spiro atoms. The van der Waals surface area contributed by atoms with Gasteiger partial charge in [-0.2, -0.15) is 15.1 Å². The van der Waals surface area contributed by atoms with E-state index in [0.29, 0.717) is 28.5 Å². The van der Waals surface area contributed by atoms with Crippen molar-refractivity contribution in [3.05, 3.63) is 17.7 Å². The molecule has 8 nitrogen and oxygen atoms in total. The van der Waals surface area contributed by atoms with Gasteiger partial charge in [0.15, 0.2) is 16.3 Å². The quantitative estimate of drug-likeness (QED) is 0.616. The number of aromatic amines is 1. The second-order valence-electron chi connectivity index (χ2n) is 7.34. The molecule has 1 aliphatic rings. The molecular weight excluding hydrogens is 352 g/mol. The number of fused-ring (bicyclic) bond motifs is 1. The summed E-state index contributed by atoms with van der Waals surface area (Å²) >= 11 is 6.26. The highest BCUT2D eigenvalue weighted by Crippen LogP contribution is 2.32. The Labute approximate surface area is 157 Å². The molecule has 3 heterocycles. The standard InChI is InChI=1S/C17H23ClN8/c1-9(2)26-7-12(14(18)24-26)21-17-22-15-13(19-8-20-15)16(23-17)25(4)10(3)11-5-6-11/h7-11H,5-6H2,1-4H3,(H2,19,20,21,22,23)/p+1. The first-order chi connectivity index (χ1) is 12.4. The van der Waals surface area contributed by atoms with Gasteiger partial charge in [-0.25, -0.2) is 4.98 Å². The van der Waals surface area contributed by atoms with Crippen LogP contribution in [0.25, 0.3) is 11.2 Å². The first-order valence-electron chi connectivity index (χ1n) is 9.00. The molecule has 0 radical (unpaired) electrons. The van der Waals surface area contributed by atoms with E-state index in [1.54, 1.807) is 6.33 Å². The maximum atomic E-state index is 6.26. The Hall–Kier alpha value is -2.19. The van der Waals surface area contributed by atoms with Gasteiger partial charge < -0.3 is 10.3 Å². The number of hydrogen-bond donors (Lipinski definition) is 3. The van der Waals surface area contributed by atoms with E-state index in [4.69, 9.17) is 16.6 Å². The van der Waals surface area contributed by atoms with Crippen LogP contribution in [0.5, 0.6) is 0 Å². The van der Waals surface area contributed by atoms with Crippen LogP contribution in [0.4, 0.5) is 17.5 Å². The van der Waals surface area contributed by atoms with Gasteiger partial charge >= 0.3 is 0 Å². The molecule has 0 aromatic carbocycles. The van der Waals surface area contributed by atoms with Gasteiger partial charge in [-0.1, -0.05) is 11.6 Å². The average Bonchev–Trinajstić information content (AvgIpc) is 3.24. The lowest BCUT2D eigenvalue weighted by molar-refractivity contribution is -0.841. The Bertz CT molecular complexity index is 926. The van der Waals surface area contributed by atoms with Crippen LogP contribution in [0.2, 0.25) is 5.15 Å². The fraction of sp³-hybridized carbons (Fsp3) is 0.529. The predicted octanol–water partition coefficient (Wildman–Crippen LogP) is 2.47. The van der Waals surface area contributed by atoms with Crippen molar-refractivity contribution in [1.82, 2.24) is 29.7 Å². The lowest BCUT2D eigenvalue weighted by Crippen LogP contribution is -3.08. The smallest absolute Gasteiger partial charge is 0.257 e. The summed E-state index contributed by atoms with van der Waals surface area (Å²) in [5, 5.41) is 7.92. The van der Waals surface area contributed by atoms with E-state index in [0.717, 1.165) is 17.3 Å². The van der Waals surface area contributed by atoms with Crippen LogP contribution < -0.4 is 10.2 Å². The Balaban J connectivity index is 1.69. The summed E-state index contributed by atoms with van der Waals surface area (Å²) in [5.41, 5.74) is 2.21. The molecule has 3 aromatic rings. The van der Waals surface area contributed by atoms with Crippen molar-refractivity contribution < 1.29 is 4.90 Å². The minimum absolute atomic E-state index is 0.225. The topological polar surface area (TPSA) is 88.8 Å². The fourth-order valence-corrected chi connectivity index (χ4v) is 3.36. The molecule has 2 unspecified atom stereocenters. The zero-order chi connectivity index (χ0) is 18.4. The first-order valence-corrected chi connectivity index (χ1v) is 9.38. The number of aromatic nitrogens is 6. The molecule has 0 aliphatic heterocycles. The summed E-state index contributed by atoms with van der Waals surface area (Å²) in [6, 6.07) is 0.722. The Morgan fingerprint density at radius 1 is 1.31 bits per heavy atom. The zero-order valence-electron chi connectivity index (χ0n) is 15.4. The van der Waals surface area contributed by atoms with Crippen molar-refractivity contribution in [2.24, 2.45) is 5.92 Å². The van der Waals surface area contributed by atoms with E-state index in [9.17, 15) is 0 Å². The van der Waals surface area contributed by atoms with E-state index in [1.807, 2.05) is 10.9 Å². The zero-order valence-corrected chi connectivity index (χ0v) is 16.2. The fourth-order valence-electron chi connectivity index (χ4n) is 3.18. The minimum Gasteiger partial charge on any atom is -0.337 e. The maximum Gasteiger partial charge on any atom is 0.257 e. The van der Waals surface area contributed by atoms with Gasteiger partial charge in [-0.3, -0.25) is 9.58 Å². The van der Waals surface area contributed by atoms with Gasteiger partial charge in [0.2, 0.25) is 5.95 Å². The van der Waals surface area contributed by atoms with Gasteiger partial charge in [-0.05, 0) is 33.6 Å². The summed E-state index contributed by atoms with van der Waals surface area (Å²) < 4.78 is 1.81. The molecule has 138 valence electrons. The molecule has 0 saturated heterocycles. The first kappa shape index (κ1) is 17.2. The molecule has 9 heteroatoms. The lowest BCUT2D eigenvalue weighted by atomic mass is 10.2. The van der Waals surface area contributed by atoms with Crippen LogP contribution in [0, 0.1) is 5.92 Å². The largest absolute Gasteiger partial charge is 0.337 e. The highest BCUT2D eigenvalue weighted by molar-refractivity contribution is 6.32. The molecule has 1 aliphatic carbocycles. The third-order valence-corrected chi connectivity index (χ3v) is 5.41. The van der Waals surface area contributed by atoms with E-state index in [-0.39, 0.29) is 6.04 Å². The Morgan fingerprint density at radius 2 is 2.08 bits per heavy atom. The molecular formula is C17H24ClN8+. The summed E-state index contributed by atoms with van der Waals surface area (Å²) in [6.07, 6.45) is 6.12. The van der Waals surface area contributed by atoms with Gasteiger partial charge in [0.25, 0.3) is 5.82 Å². The van der Waals surface area contributed by atoms with Gasteiger partial charge in [0.1, 0.15) is 0 Å². The molecule has 3 aromatic heterocycles. The number of nitrogens with one attached hydrogen (secondary N) is 3. The monoisotopic (exact) mass is 375 g/mol. The molecule has 1 fully saturated rings. The number of imidazole rings is 1. The molecule has 4 rings (SSSR count). The number of H-pyrrole nitrogens is 1. The normalized spacial score (nSPS) is 17.0. The van der Waals surface area contributed by atoms with Crippen LogP contribution in [-0.4, -0.2) is 42.8 Å². The van der Waals surface area contributed by atoms with Crippen molar-refractivity contribution in [2.75, 3.05) is 12.4 Å². The van der Waals surface area contributed by atoms with Crippen molar-refractivity contribution in [2.45, 2.75) is 45.7 Å². The van der Waals surface area contributed by atoms with Crippen molar-refractivity contribution in [1.29, 1.82) is 0 Å². The van der Waals surface area contributed by atoms with Crippen molar-refractivity contribution >= 4 is 40.2 Å². The molecule has 1 saturated carbocycles. The van der Waals surface area contributed by atoms with E-state index >= 15 is 0 Å². The Kier molecular flexibility index (Phi) is 4.32. The van der Waals surface area contributed by atoms with Crippen molar-refractivity contribution in [3.8, 4) is 0 Å². The number of halogens is 1. The molecule has 3 N–H and O–H groups in total. The predicted molar refractivity (Wildman–Crippen MR) is 101 cm³/mol. The van der Waals surface area contributed by atoms with E-state index < -0.39 is 0 Å². The number of quaternary nitrogens is 1. The van der Waals surface area contributed by atoms with Crippen molar-refractivity contribution in [3.63, 3.8) is 0 Å². The SMILES string of the molecule is CC(C)n1cc(Nc2nc([NH+](C)C(C)C3CC3)c3[nH]cnc3n2)c(Cl)n1. The molecule has 2 atom stereocenters. The number of anilines is 2. The van der Waals surface area contributed by atoms with Crippen LogP contribution in [0.1, 0.15) is 39.7 Å². The second kappa shape index (κ2) is 6.51. The Morgan fingerprint density at radius 3 is 2.73 bits per heavy atom. The third kappa shape index (κ3) is 3.14. The van der Waals surface area contributed by atoms with Gasteiger partial charge in [0.05, 0.1) is 31.3 Å². The number of nitrogens with zero attached hydrogens (tertiary/aromatic N) is 5. The summed E-state index contributed by atoms with van der Waals surface area (Å²) in [4.78, 5) is 18.0. The highest BCUT2D eigenvalue weighted by atomic mass is 35.5. The average molecular weight is 376 g/mol. The van der Waals surface area contributed by atoms with E-state index in [2.05, 4.69) is 53.2 Å².